The number of nitrogens with one attached hydrogen (secondary N) is 1. The Balaban J connectivity index is 3.40. The molecule has 0 fully saturated rings. The number of allylic oxidation sites excluding steroid dienone is 7. The Hall–Kier alpha value is -2.18. The van der Waals surface area contributed by atoms with Crippen LogP contribution < -0.4 is 5.32 Å². The number of carbonyl (C=O) groups excluding carboxylic acids is 2. The molecular weight excluding hydrogens is 899 g/mol. The molecule has 0 radical (unpaired) electrons. The number of amides is 1. The summed E-state index contributed by atoms with van der Waals surface area (Å²) in [5.41, 5.74) is 0. The summed E-state index contributed by atoms with van der Waals surface area (Å²) in [6.45, 7) is 4.85. The molecule has 0 rings (SSSR count). The van der Waals surface area contributed by atoms with Gasteiger partial charge in [0.15, 0.2) is 0 Å². The van der Waals surface area contributed by atoms with Crippen LogP contribution in [0.5, 0.6) is 0 Å². The van der Waals surface area contributed by atoms with Crippen LogP contribution in [0, 0.1) is 0 Å². The number of ether oxygens (including phenoxy) is 1. The van der Waals surface area contributed by atoms with Crippen molar-refractivity contribution in [2.45, 2.75) is 353 Å². The van der Waals surface area contributed by atoms with Crippen LogP contribution in [0.15, 0.2) is 48.6 Å². The number of aliphatic hydroxyl groups is 2. The molecule has 0 aliphatic heterocycles. The van der Waals surface area contributed by atoms with Crippen molar-refractivity contribution in [1.29, 1.82) is 0 Å². The van der Waals surface area contributed by atoms with E-state index in [1.807, 2.05) is 6.08 Å². The SMILES string of the molecule is CCC/C=C\C/C=C\CCCCCCCC(=O)OCCCCCCCCCCCCCC/C=C\CCCCCCCCCCCCCCC(=O)NC(CO)C(O)/C=C/CCCCCCCCCCCCCCC. The monoisotopic (exact) mass is 1020 g/mol. The summed E-state index contributed by atoms with van der Waals surface area (Å²) in [5.74, 6) is -0.0671. The highest BCUT2D eigenvalue weighted by atomic mass is 16.5. The number of rotatable bonds is 60. The van der Waals surface area contributed by atoms with E-state index in [1.165, 1.54) is 263 Å². The lowest BCUT2D eigenvalue weighted by molar-refractivity contribution is -0.143. The molecule has 0 aromatic rings. The lowest BCUT2D eigenvalue weighted by atomic mass is 10.0. The quantitative estimate of drug-likeness (QED) is 0.0320. The summed E-state index contributed by atoms with van der Waals surface area (Å²) in [7, 11) is 0. The maximum atomic E-state index is 12.5. The van der Waals surface area contributed by atoms with Gasteiger partial charge in [0, 0.05) is 12.8 Å². The van der Waals surface area contributed by atoms with Crippen molar-refractivity contribution in [3.05, 3.63) is 48.6 Å². The van der Waals surface area contributed by atoms with Crippen LogP contribution in [-0.2, 0) is 14.3 Å². The average molecular weight is 1020 g/mol. The third-order valence-corrected chi connectivity index (χ3v) is 14.8. The van der Waals surface area contributed by atoms with Gasteiger partial charge in [-0.2, -0.15) is 0 Å². The molecule has 0 spiro atoms. The van der Waals surface area contributed by atoms with Gasteiger partial charge < -0.3 is 20.3 Å². The predicted molar refractivity (Wildman–Crippen MR) is 319 cm³/mol. The van der Waals surface area contributed by atoms with E-state index in [1.54, 1.807) is 6.08 Å². The van der Waals surface area contributed by atoms with Gasteiger partial charge in [-0.25, -0.2) is 0 Å². The van der Waals surface area contributed by atoms with Crippen LogP contribution in [0.3, 0.4) is 0 Å². The predicted octanol–water partition coefficient (Wildman–Crippen LogP) is 20.5. The zero-order valence-corrected chi connectivity index (χ0v) is 48.9. The molecule has 6 nitrogen and oxygen atoms in total. The third kappa shape index (κ3) is 58.9. The topological polar surface area (TPSA) is 95.9 Å². The van der Waals surface area contributed by atoms with E-state index < -0.39 is 12.1 Å². The first kappa shape index (κ1) is 70.8. The maximum absolute atomic E-state index is 12.5. The van der Waals surface area contributed by atoms with E-state index in [9.17, 15) is 19.8 Å². The van der Waals surface area contributed by atoms with Crippen LogP contribution in [0.2, 0.25) is 0 Å². The summed E-state index contributed by atoms with van der Waals surface area (Å²) in [6.07, 6.45) is 80.2. The third-order valence-electron chi connectivity index (χ3n) is 14.8. The average Bonchev–Trinajstić information content (AvgIpc) is 3.39. The minimum absolute atomic E-state index is 0.000190. The summed E-state index contributed by atoms with van der Waals surface area (Å²) >= 11 is 0. The van der Waals surface area contributed by atoms with Gasteiger partial charge in [-0.05, 0) is 83.5 Å². The molecule has 6 heteroatoms. The number of unbranched alkanes of at least 4 members (excludes halogenated alkanes) is 43. The van der Waals surface area contributed by atoms with Crippen LogP contribution >= 0.6 is 0 Å². The van der Waals surface area contributed by atoms with E-state index in [4.69, 9.17) is 4.74 Å². The van der Waals surface area contributed by atoms with Crippen molar-refractivity contribution in [2.75, 3.05) is 13.2 Å². The van der Waals surface area contributed by atoms with Gasteiger partial charge in [-0.1, -0.05) is 294 Å². The van der Waals surface area contributed by atoms with E-state index in [-0.39, 0.29) is 18.5 Å². The maximum Gasteiger partial charge on any atom is 0.305 e. The van der Waals surface area contributed by atoms with Crippen molar-refractivity contribution in [3.63, 3.8) is 0 Å². The number of carbonyl (C=O) groups is 2. The Morgan fingerprint density at radius 1 is 0.384 bits per heavy atom. The van der Waals surface area contributed by atoms with Gasteiger partial charge in [0.05, 0.1) is 25.4 Å². The lowest BCUT2D eigenvalue weighted by Crippen LogP contribution is -2.45. The molecule has 2 unspecified atom stereocenters. The van der Waals surface area contributed by atoms with Crippen molar-refractivity contribution in [2.24, 2.45) is 0 Å². The first-order valence-electron chi connectivity index (χ1n) is 32.4. The Labute approximate surface area is 455 Å². The molecule has 3 N–H and O–H groups in total. The highest BCUT2D eigenvalue weighted by Crippen LogP contribution is 2.17. The van der Waals surface area contributed by atoms with Gasteiger partial charge in [-0.15, -0.1) is 0 Å². The Kier molecular flexibility index (Phi) is 60.5. The van der Waals surface area contributed by atoms with Gasteiger partial charge in [0.2, 0.25) is 5.91 Å². The summed E-state index contributed by atoms with van der Waals surface area (Å²) in [4.78, 5) is 24.5. The normalized spacial score (nSPS) is 12.9. The van der Waals surface area contributed by atoms with Crippen LogP contribution in [0.1, 0.15) is 341 Å². The van der Waals surface area contributed by atoms with Gasteiger partial charge in [0.1, 0.15) is 0 Å². The van der Waals surface area contributed by atoms with Crippen molar-refractivity contribution < 1.29 is 24.5 Å². The number of hydrogen-bond donors (Lipinski definition) is 3. The molecule has 0 saturated carbocycles. The first-order valence-corrected chi connectivity index (χ1v) is 32.4. The van der Waals surface area contributed by atoms with E-state index in [0.717, 1.165) is 51.4 Å². The van der Waals surface area contributed by atoms with Crippen LogP contribution in [-0.4, -0.2) is 47.4 Å². The van der Waals surface area contributed by atoms with E-state index in [2.05, 4.69) is 55.6 Å². The molecule has 0 aliphatic carbocycles. The largest absolute Gasteiger partial charge is 0.466 e. The van der Waals surface area contributed by atoms with Crippen LogP contribution in [0.25, 0.3) is 0 Å². The molecule has 2 atom stereocenters. The number of aliphatic hydroxyl groups excluding tert-OH is 2. The molecule has 0 bridgehead atoms. The second-order valence-electron chi connectivity index (χ2n) is 22.1. The molecule has 0 heterocycles. The zero-order valence-electron chi connectivity index (χ0n) is 48.9. The highest BCUT2D eigenvalue weighted by molar-refractivity contribution is 5.76. The smallest absolute Gasteiger partial charge is 0.305 e. The van der Waals surface area contributed by atoms with E-state index >= 15 is 0 Å². The fourth-order valence-corrected chi connectivity index (χ4v) is 9.84. The highest BCUT2D eigenvalue weighted by Gasteiger charge is 2.18. The molecule has 0 aliphatic rings. The fraction of sp³-hybridized carbons (Fsp3) is 0.851. The molecule has 0 aromatic carbocycles. The summed E-state index contributed by atoms with van der Waals surface area (Å²) in [5, 5.41) is 23.1. The Bertz CT molecular complexity index is 1230. The minimum Gasteiger partial charge on any atom is -0.466 e. The first-order chi connectivity index (χ1) is 36.0. The van der Waals surface area contributed by atoms with Crippen LogP contribution in [0.4, 0.5) is 0 Å². The number of hydrogen-bond acceptors (Lipinski definition) is 5. The van der Waals surface area contributed by atoms with Crippen molar-refractivity contribution >= 4 is 11.9 Å². The molecule has 428 valence electrons. The fourth-order valence-electron chi connectivity index (χ4n) is 9.84. The van der Waals surface area contributed by atoms with Gasteiger partial charge in [-0.3, -0.25) is 9.59 Å². The molecule has 73 heavy (non-hydrogen) atoms. The lowest BCUT2D eigenvalue weighted by Gasteiger charge is -2.20. The zero-order chi connectivity index (χ0) is 52.9. The Morgan fingerprint density at radius 2 is 0.712 bits per heavy atom. The van der Waals surface area contributed by atoms with Gasteiger partial charge >= 0.3 is 5.97 Å². The molecular formula is C67H125NO5. The Morgan fingerprint density at radius 3 is 1.11 bits per heavy atom. The second-order valence-corrected chi connectivity index (χ2v) is 22.1. The molecule has 0 saturated heterocycles. The summed E-state index contributed by atoms with van der Waals surface area (Å²) in [6, 6.07) is -0.628. The summed E-state index contributed by atoms with van der Waals surface area (Å²) < 4.78 is 5.47. The van der Waals surface area contributed by atoms with Gasteiger partial charge in [0.25, 0.3) is 0 Å². The van der Waals surface area contributed by atoms with E-state index in [0.29, 0.717) is 19.4 Å². The molecule has 1 amide bonds. The second kappa shape index (κ2) is 62.4. The van der Waals surface area contributed by atoms with Crippen molar-refractivity contribution in [3.8, 4) is 0 Å². The number of esters is 1. The molecule has 0 aromatic heterocycles. The minimum atomic E-state index is -0.845. The van der Waals surface area contributed by atoms with Crippen molar-refractivity contribution in [1.82, 2.24) is 5.32 Å². The standard InChI is InChI=1S/C67H125NO5/c1-3-5-7-9-11-13-15-17-32-36-39-43-47-51-55-59-65(70)64(63-69)68-66(71)60-56-52-48-44-40-37-33-30-28-26-24-22-20-18-19-21-23-25-27-29-31-34-38-42-46-50-54-58-62-73-67(72)61-57-53-49-45-41-35-16-14-12-10-8-6-4-2/h8,10,14,16,18-19,55,59,64-65,69-70H,3-7,9,11-13,15,17,20-54,56-58,60-63H2,1-2H3,(H,68,71)/b10-8-,16-14-,19-18-,59-55+.